The summed E-state index contributed by atoms with van der Waals surface area (Å²) >= 11 is 0. The standard InChI is InChI=1S/C27H28F3N5O2/c1-18-7-9-23(21-5-2-4-20(18)21)37-26-22(6-3-11-31-26)33-25(36)17-34-12-14-35(15-13-34)24-10-8-19(16-32-24)27(28,29)30/h3,6-11,16H,2,4-5,12-15,17H2,1H3,(H,33,36)/p+2. The van der Waals surface area contributed by atoms with Crippen molar-refractivity contribution in [2.45, 2.75) is 32.4 Å². The van der Waals surface area contributed by atoms with E-state index in [2.05, 4.69) is 28.3 Å². The normalized spacial score (nSPS) is 15.9. The highest BCUT2D eigenvalue weighted by molar-refractivity contribution is 5.92. The highest BCUT2D eigenvalue weighted by Crippen LogP contribution is 2.36. The van der Waals surface area contributed by atoms with Crippen molar-refractivity contribution in [3.05, 3.63) is 71.0 Å². The SMILES string of the molecule is Cc1ccc(Oc2ncccc2NC(=O)C[NH+]2CCN(c3ccc(C(F)(F)F)c[nH+]3)CC2)c2c1CCC2. The van der Waals surface area contributed by atoms with Crippen LogP contribution < -0.4 is 24.8 Å². The molecule has 0 atom stereocenters. The predicted octanol–water partition coefficient (Wildman–Crippen LogP) is 2.85. The first-order valence-electron chi connectivity index (χ1n) is 12.5. The number of carbonyl (C=O) groups is 1. The Labute approximate surface area is 213 Å². The Kier molecular flexibility index (Phi) is 7.01. The lowest BCUT2D eigenvalue weighted by atomic mass is 10.0. The number of fused-ring (bicyclic) bond motifs is 1. The van der Waals surface area contributed by atoms with Crippen LogP contribution in [0.3, 0.4) is 0 Å². The number of nitrogens with zero attached hydrogens (tertiary/aromatic N) is 2. The number of aromatic nitrogens is 2. The van der Waals surface area contributed by atoms with Gasteiger partial charge >= 0.3 is 6.18 Å². The van der Waals surface area contributed by atoms with Crippen molar-refractivity contribution in [1.29, 1.82) is 0 Å². The molecule has 37 heavy (non-hydrogen) atoms. The molecule has 1 saturated heterocycles. The molecular formula is C27H30F3N5O2+2. The van der Waals surface area contributed by atoms with Gasteiger partial charge in [-0.25, -0.2) is 9.97 Å². The molecule has 5 rings (SSSR count). The zero-order valence-corrected chi connectivity index (χ0v) is 20.6. The number of carbonyl (C=O) groups excluding carboxylic acids is 1. The minimum absolute atomic E-state index is 0.142. The quantitative estimate of drug-likeness (QED) is 0.532. The molecule has 2 aliphatic rings. The van der Waals surface area contributed by atoms with Crippen molar-refractivity contribution < 1.29 is 32.6 Å². The summed E-state index contributed by atoms with van der Waals surface area (Å²) in [6, 6.07) is 10.1. The summed E-state index contributed by atoms with van der Waals surface area (Å²) in [5.74, 6) is 1.65. The smallest absolute Gasteiger partial charge is 0.419 e. The van der Waals surface area contributed by atoms with Crippen molar-refractivity contribution in [1.82, 2.24) is 4.98 Å². The van der Waals surface area contributed by atoms with Crippen LogP contribution >= 0.6 is 0 Å². The Bertz CT molecular complexity index is 1270. The largest absolute Gasteiger partial charge is 0.437 e. The van der Waals surface area contributed by atoms with E-state index in [0.29, 0.717) is 43.6 Å². The summed E-state index contributed by atoms with van der Waals surface area (Å²) in [6.45, 7) is 5.03. The minimum atomic E-state index is -4.37. The number of aryl methyl sites for hydroxylation is 1. The number of anilines is 2. The van der Waals surface area contributed by atoms with E-state index in [0.717, 1.165) is 42.2 Å². The molecule has 0 spiro atoms. The van der Waals surface area contributed by atoms with Gasteiger partial charge in [0.1, 0.15) is 43.8 Å². The molecule has 7 nitrogen and oxygen atoms in total. The van der Waals surface area contributed by atoms with E-state index < -0.39 is 11.7 Å². The highest BCUT2D eigenvalue weighted by atomic mass is 19.4. The molecule has 3 aromatic rings. The van der Waals surface area contributed by atoms with E-state index in [1.807, 2.05) is 11.0 Å². The van der Waals surface area contributed by atoms with Gasteiger partial charge in [-0.2, -0.15) is 13.2 Å². The number of alkyl halides is 3. The van der Waals surface area contributed by atoms with Crippen LogP contribution in [0.15, 0.2) is 48.8 Å². The zero-order chi connectivity index (χ0) is 26.0. The van der Waals surface area contributed by atoms with Gasteiger partial charge in [0.25, 0.3) is 11.7 Å². The number of aromatic amines is 1. The van der Waals surface area contributed by atoms with Crippen LogP contribution in [0, 0.1) is 6.92 Å². The molecule has 3 N–H and O–H groups in total. The Hall–Kier alpha value is -3.66. The number of piperazine rings is 1. The van der Waals surface area contributed by atoms with Crippen LogP contribution in [0.2, 0.25) is 0 Å². The van der Waals surface area contributed by atoms with Crippen LogP contribution in [0.25, 0.3) is 0 Å². The minimum Gasteiger partial charge on any atom is -0.437 e. The van der Waals surface area contributed by atoms with E-state index >= 15 is 0 Å². The number of rotatable bonds is 6. The molecule has 194 valence electrons. The second-order valence-corrected chi connectivity index (χ2v) is 9.57. The summed E-state index contributed by atoms with van der Waals surface area (Å²) in [5.41, 5.74) is 3.65. The van der Waals surface area contributed by atoms with Gasteiger partial charge in [-0.15, -0.1) is 0 Å². The lowest BCUT2D eigenvalue weighted by molar-refractivity contribution is -0.892. The van der Waals surface area contributed by atoms with E-state index in [1.165, 1.54) is 22.8 Å². The van der Waals surface area contributed by atoms with E-state index in [9.17, 15) is 18.0 Å². The number of halogens is 3. The Morgan fingerprint density at radius 1 is 1.14 bits per heavy atom. The average molecular weight is 514 g/mol. The van der Waals surface area contributed by atoms with Crippen LogP contribution in [0.4, 0.5) is 24.7 Å². The molecule has 0 unspecified atom stereocenters. The van der Waals surface area contributed by atoms with Gasteiger partial charge in [-0.05, 0) is 67.1 Å². The molecule has 1 fully saturated rings. The second kappa shape index (κ2) is 10.4. The number of quaternary nitrogens is 1. The number of amides is 1. The molecular weight excluding hydrogens is 483 g/mol. The van der Waals surface area contributed by atoms with Crippen LogP contribution in [-0.2, 0) is 23.8 Å². The molecule has 1 aliphatic heterocycles. The first-order chi connectivity index (χ1) is 17.8. The summed E-state index contributed by atoms with van der Waals surface area (Å²) in [7, 11) is 0. The molecule has 2 aromatic heterocycles. The molecule has 0 saturated carbocycles. The third kappa shape index (κ3) is 5.69. The fourth-order valence-electron chi connectivity index (χ4n) is 5.07. The Balaban J connectivity index is 1.17. The average Bonchev–Trinajstić information content (AvgIpc) is 3.38. The van der Waals surface area contributed by atoms with Crippen molar-refractivity contribution in [3.8, 4) is 11.6 Å². The van der Waals surface area contributed by atoms with Gasteiger partial charge < -0.3 is 15.0 Å². The molecule has 1 amide bonds. The maximum Gasteiger partial charge on any atom is 0.419 e. The number of hydrogen-bond donors (Lipinski definition) is 2. The van der Waals surface area contributed by atoms with Crippen LogP contribution in [0.1, 0.15) is 28.7 Å². The van der Waals surface area contributed by atoms with Crippen LogP contribution in [0.5, 0.6) is 11.6 Å². The predicted molar refractivity (Wildman–Crippen MR) is 132 cm³/mol. The lowest BCUT2D eigenvalue weighted by Crippen LogP contribution is -3.15. The number of pyridine rings is 2. The van der Waals surface area contributed by atoms with E-state index in [-0.39, 0.29) is 12.5 Å². The number of nitrogens with one attached hydrogen (secondary N) is 3. The van der Waals surface area contributed by atoms with Gasteiger partial charge in [0.2, 0.25) is 5.88 Å². The van der Waals surface area contributed by atoms with Gasteiger partial charge in [-0.1, -0.05) is 6.07 Å². The second-order valence-electron chi connectivity index (χ2n) is 9.57. The summed E-state index contributed by atoms with van der Waals surface area (Å²) in [5, 5.41) is 2.95. The fraction of sp³-hybridized carbons (Fsp3) is 0.370. The zero-order valence-electron chi connectivity index (χ0n) is 20.6. The number of ether oxygens (including phenoxy) is 1. The monoisotopic (exact) mass is 513 g/mol. The van der Waals surface area contributed by atoms with Crippen molar-refractivity contribution in [2.75, 3.05) is 42.9 Å². The van der Waals surface area contributed by atoms with E-state index in [4.69, 9.17) is 4.74 Å². The fourth-order valence-corrected chi connectivity index (χ4v) is 5.07. The molecule has 10 heteroatoms. The van der Waals surface area contributed by atoms with Gasteiger partial charge in [0.15, 0.2) is 6.54 Å². The Morgan fingerprint density at radius 3 is 2.65 bits per heavy atom. The molecule has 3 heterocycles. The summed E-state index contributed by atoms with van der Waals surface area (Å²) in [6.07, 6.45) is 1.39. The number of hydrogen-bond acceptors (Lipinski definition) is 4. The van der Waals surface area contributed by atoms with Crippen molar-refractivity contribution in [2.24, 2.45) is 0 Å². The lowest BCUT2D eigenvalue weighted by Gasteiger charge is -2.28. The molecule has 1 aliphatic carbocycles. The van der Waals surface area contributed by atoms with Gasteiger partial charge in [0, 0.05) is 12.3 Å². The first kappa shape index (κ1) is 25.0. The third-order valence-electron chi connectivity index (χ3n) is 7.07. The molecule has 1 aromatic carbocycles. The van der Waals surface area contributed by atoms with Crippen molar-refractivity contribution in [3.63, 3.8) is 0 Å². The molecule has 0 radical (unpaired) electrons. The van der Waals surface area contributed by atoms with Gasteiger partial charge in [-0.3, -0.25) is 9.69 Å². The maximum atomic E-state index is 12.9. The Morgan fingerprint density at radius 2 is 1.92 bits per heavy atom. The summed E-state index contributed by atoms with van der Waals surface area (Å²) < 4.78 is 44.6. The topological polar surface area (TPSA) is 73.0 Å². The maximum absolute atomic E-state index is 12.9. The number of H-pyrrole nitrogens is 1. The van der Waals surface area contributed by atoms with Gasteiger partial charge in [0.05, 0.1) is 5.56 Å². The van der Waals surface area contributed by atoms with Crippen molar-refractivity contribution >= 4 is 17.4 Å². The van der Waals surface area contributed by atoms with E-state index in [1.54, 1.807) is 18.3 Å². The van der Waals surface area contributed by atoms with Crippen LogP contribution in [-0.4, -0.2) is 43.6 Å². The first-order valence-corrected chi connectivity index (χ1v) is 12.5. The third-order valence-corrected chi connectivity index (χ3v) is 7.07. The molecule has 0 bridgehead atoms. The summed E-state index contributed by atoms with van der Waals surface area (Å²) in [4.78, 5) is 23.1. The number of benzene rings is 1. The highest BCUT2D eigenvalue weighted by Gasteiger charge is 2.33.